The van der Waals surface area contributed by atoms with Crippen LogP contribution in [-0.2, 0) is 4.79 Å². The molecule has 1 N–H and O–H groups in total. The van der Waals surface area contributed by atoms with E-state index < -0.39 is 0 Å². The van der Waals surface area contributed by atoms with E-state index in [1.807, 2.05) is 44.2 Å². The van der Waals surface area contributed by atoms with Gasteiger partial charge in [0.05, 0.1) is 13.0 Å². The molecule has 5 heteroatoms. The van der Waals surface area contributed by atoms with Crippen LogP contribution in [0.1, 0.15) is 34.3 Å². The summed E-state index contributed by atoms with van der Waals surface area (Å²) in [4.78, 5) is 27.4. The quantitative estimate of drug-likeness (QED) is 0.895. The standard InChI is InChI=1S/C22H26N2O3/c1-15-10-16(2)12-18(11-15)22(26)24-9-5-6-17(14-24)21(25)23-19-7-4-8-20(13-19)27-3/h4,7-8,10-13,17H,5-6,9,14H2,1-3H3,(H,23,25). The van der Waals surface area contributed by atoms with Crippen molar-refractivity contribution in [3.63, 3.8) is 0 Å². The molecule has 3 rings (SSSR count). The van der Waals surface area contributed by atoms with Gasteiger partial charge in [-0.15, -0.1) is 0 Å². The molecule has 1 aliphatic rings. The first-order valence-electron chi connectivity index (χ1n) is 9.29. The summed E-state index contributed by atoms with van der Waals surface area (Å²) in [5.41, 5.74) is 3.55. The van der Waals surface area contributed by atoms with E-state index in [9.17, 15) is 9.59 Å². The van der Waals surface area contributed by atoms with E-state index in [0.29, 0.717) is 30.1 Å². The number of hydrogen-bond donors (Lipinski definition) is 1. The van der Waals surface area contributed by atoms with E-state index in [-0.39, 0.29) is 17.7 Å². The topological polar surface area (TPSA) is 58.6 Å². The fourth-order valence-corrected chi connectivity index (χ4v) is 3.60. The zero-order valence-corrected chi connectivity index (χ0v) is 16.1. The number of amides is 2. The number of carbonyl (C=O) groups excluding carboxylic acids is 2. The van der Waals surface area contributed by atoms with Crippen LogP contribution in [0.5, 0.6) is 5.75 Å². The van der Waals surface area contributed by atoms with Crippen LogP contribution < -0.4 is 10.1 Å². The number of carbonyl (C=O) groups is 2. The molecule has 0 radical (unpaired) electrons. The Morgan fingerprint density at radius 3 is 2.56 bits per heavy atom. The summed E-state index contributed by atoms with van der Waals surface area (Å²) in [7, 11) is 1.60. The highest BCUT2D eigenvalue weighted by atomic mass is 16.5. The molecule has 2 amide bonds. The second-order valence-electron chi connectivity index (χ2n) is 7.19. The predicted octanol–water partition coefficient (Wildman–Crippen LogP) is 3.80. The number of aryl methyl sites for hydroxylation is 2. The van der Waals surface area contributed by atoms with Crippen molar-refractivity contribution in [1.29, 1.82) is 0 Å². The number of benzene rings is 2. The Hall–Kier alpha value is -2.82. The van der Waals surface area contributed by atoms with Gasteiger partial charge in [0.15, 0.2) is 0 Å². The number of likely N-dealkylation sites (tertiary alicyclic amines) is 1. The molecule has 1 atom stereocenters. The molecule has 1 unspecified atom stereocenters. The van der Waals surface area contributed by atoms with Gasteiger partial charge in [0, 0.05) is 30.4 Å². The summed E-state index contributed by atoms with van der Waals surface area (Å²) in [5, 5.41) is 2.95. The number of nitrogens with one attached hydrogen (secondary N) is 1. The lowest BCUT2D eigenvalue weighted by atomic mass is 9.96. The van der Waals surface area contributed by atoms with E-state index in [1.165, 1.54) is 0 Å². The number of nitrogens with zero attached hydrogens (tertiary/aromatic N) is 1. The minimum absolute atomic E-state index is 0.000630. The number of hydrogen-bond acceptors (Lipinski definition) is 3. The Labute approximate surface area is 160 Å². The normalized spacial score (nSPS) is 16.7. The molecule has 2 aromatic rings. The molecule has 142 valence electrons. The zero-order valence-electron chi connectivity index (χ0n) is 16.1. The zero-order chi connectivity index (χ0) is 19.4. The van der Waals surface area contributed by atoms with Gasteiger partial charge in [-0.1, -0.05) is 23.3 Å². The van der Waals surface area contributed by atoms with Gasteiger partial charge in [-0.3, -0.25) is 9.59 Å². The molecular formula is C22H26N2O3. The first kappa shape index (κ1) is 19.0. The maximum absolute atomic E-state index is 12.9. The molecule has 1 fully saturated rings. The summed E-state index contributed by atoms with van der Waals surface area (Å²) in [6.07, 6.45) is 1.61. The van der Waals surface area contributed by atoms with Crippen LogP contribution in [0.25, 0.3) is 0 Å². The van der Waals surface area contributed by atoms with Gasteiger partial charge in [0.2, 0.25) is 5.91 Å². The number of ether oxygens (including phenoxy) is 1. The number of anilines is 1. The van der Waals surface area contributed by atoms with Crippen LogP contribution in [0.15, 0.2) is 42.5 Å². The monoisotopic (exact) mass is 366 g/mol. The van der Waals surface area contributed by atoms with E-state index >= 15 is 0 Å². The SMILES string of the molecule is COc1cccc(NC(=O)C2CCCN(C(=O)c3cc(C)cc(C)c3)C2)c1. The summed E-state index contributed by atoms with van der Waals surface area (Å²) in [6, 6.07) is 13.2. The maximum atomic E-state index is 12.9. The number of piperidine rings is 1. The largest absolute Gasteiger partial charge is 0.497 e. The Morgan fingerprint density at radius 2 is 1.85 bits per heavy atom. The molecular weight excluding hydrogens is 340 g/mol. The lowest BCUT2D eigenvalue weighted by Crippen LogP contribution is -2.43. The Morgan fingerprint density at radius 1 is 1.11 bits per heavy atom. The highest BCUT2D eigenvalue weighted by Crippen LogP contribution is 2.23. The van der Waals surface area contributed by atoms with Gasteiger partial charge in [0.25, 0.3) is 5.91 Å². The molecule has 0 saturated carbocycles. The van der Waals surface area contributed by atoms with Crippen molar-refractivity contribution in [2.45, 2.75) is 26.7 Å². The highest BCUT2D eigenvalue weighted by Gasteiger charge is 2.29. The first-order valence-corrected chi connectivity index (χ1v) is 9.29. The first-order chi connectivity index (χ1) is 13.0. The molecule has 1 heterocycles. The highest BCUT2D eigenvalue weighted by molar-refractivity contribution is 5.96. The molecule has 1 aliphatic heterocycles. The van der Waals surface area contributed by atoms with Gasteiger partial charge < -0.3 is 15.0 Å². The lowest BCUT2D eigenvalue weighted by Gasteiger charge is -2.32. The third kappa shape index (κ3) is 4.67. The summed E-state index contributed by atoms with van der Waals surface area (Å²) in [5.74, 6) is 0.435. The van der Waals surface area contributed by atoms with Crippen LogP contribution in [0, 0.1) is 19.8 Å². The molecule has 0 bridgehead atoms. The van der Waals surface area contributed by atoms with Crippen molar-refractivity contribution >= 4 is 17.5 Å². The molecule has 0 aliphatic carbocycles. The third-order valence-corrected chi connectivity index (χ3v) is 4.89. The number of methoxy groups -OCH3 is 1. The van der Waals surface area contributed by atoms with Crippen LogP contribution in [0.2, 0.25) is 0 Å². The molecule has 5 nitrogen and oxygen atoms in total. The van der Waals surface area contributed by atoms with Crippen molar-refractivity contribution in [3.8, 4) is 5.75 Å². The average molecular weight is 366 g/mol. The molecule has 1 saturated heterocycles. The van der Waals surface area contributed by atoms with Gasteiger partial charge >= 0.3 is 0 Å². The minimum Gasteiger partial charge on any atom is -0.497 e. The van der Waals surface area contributed by atoms with Crippen molar-refractivity contribution in [2.75, 3.05) is 25.5 Å². The van der Waals surface area contributed by atoms with Crippen molar-refractivity contribution in [2.24, 2.45) is 5.92 Å². The Kier molecular flexibility index (Phi) is 5.79. The van der Waals surface area contributed by atoms with E-state index in [0.717, 1.165) is 24.0 Å². The second kappa shape index (κ2) is 8.25. The third-order valence-electron chi connectivity index (χ3n) is 4.89. The molecule has 2 aromatic carbocycles. The average Bonchev–Trinajstić information content (AvgIpc) is 2.67. The van der Waals surface area contributed by atoms with Crippen LogP contribution >= 0.6 is 0 Å². The predicted molar refractivity (Wildman–Crippen MR) is 106 cm³/mol. The van der Waals surface area contributed by atoms with Crippen LogP contribution in [-0.4, -0.2) is 36.9 Å². The number of rotatable bonds is 4. The van der Waals surface area contributed by atoms with Gasteiger partial charge in [-0.05, 0) is 51.0 Å². The van der Waals surface area contributed by atoms with Crippen molar-refractivity contribution < 1.29 is 14.3 Å². The summed E-state index contributed by atoms with van der Waals surface area (Å²) in [6.45, 7) is 5.12. The fourth-order valence-electron chi connectivity index (χ4n) is 3.60. The van der Waals surface area contributed by atoms with Crippen molar-refractivity contribution in [3.05, 3.63) is 59.2 Å². The Bertz CT molecular complexity index is 827. The van der Waals surface area contributed by atoms with E-state index in [1.54, 1.807) is 18.1 Å². The van der Waals surface area contributed by atoms with E-state index in [4.69, 9.17) is 4.74 Å². The van der Waals surface area contributed by atoms with Gasteiger partial charge in [-0.25, -0.2) is 0 Å². The molecule has 27 heavy (non-hydrogen) atoms. The lowest BCUT2D eigenvalue weighted by molar-refractivity contribution is -0.121. The smallest absolute Gasteiger partial charge is 0.253 e. The minimum atomic E-state index is -0.209. The summed E-state index contributed by atoms with van der Waals surface area (Å²) >= 11 is 0. The fraction of sp³-hybridized carbons (Fsp3) is 0.364. The Balaban J connectivity index is 1.67. The molecule has 0 spiro atoms. The maximum Gasteiger partial charge on any atom is 0.253 e. The van der Waals surface area contributed by atoms with Crippen LogP contribution in [0.3, 0.4) is 0 Å². The van der Waals surface area contributed by atoms with Gasteiger partial charge in [0.1, 0.15) is 5.75 Å². The van der Waals surface area contributed by atoms with E-state index in [2.05, 4.69) is 11.4 Å². The van der Waals surface area contributed by atoms with Gasteiger partial charge in [-0.2, -0.15) is 0 Å². The van der Waals surface area contributed by atoms with Crippen molar-refractivity contribution in [1.82, 2.24) is 4.90 Å². The summed E-state index contributed by atoms with van der Waals surface area (Å²) < 4.78 is 5.19. The molecule has 0 aromatic heterocycles. The van der Waals surface area contributed by atoms with Crippen LogP contribution in [0.4, 0.5) is 5.69 Å². The second-order valence-corrected chi connectivity index (χ2v) is 7.19.